The minimum absolute atomic E-state index is 0.216. The van der Waals surface area contributed by atoms with Gasteiger partial charge < -0.3 is 14.2 Å². The van der Waals surface area contributed by atoms with Crippen LogP contribution in [0.2, 0.25) is 0 Å². The largest absolute Gasteiger partial charge is 0.497 e. The summed E-state index contributed by atoms with van der Waals surface area (Å²) in [7, 11) is -0.884. The van der Waals surface area contributed by atoms with Gasteiger partial charge in [-0.15, -0.1) is 0 Å². The lowest BCUT2D eigenvalue weighted by molar-refractivity contribution is -0.119. The lowest BCUT2D eigenvalue weighted by Gasteiger charge is -2.23. The molecule has 0 aromatic heterocycles. The van der Waals surface area contributed by atoms with Crippen molar-refractivity contribution in [3.63, 3.8) is 0 Å². The maximum absolute atomic E-state index is 12.5. The number of carbonyl (C=O) groups is 1. The van der Waals surface area contributed by atoms with Crippen LogP contribution in [-0.2, 0) is 14.8 Å². The van der Waals surface area contributed by atoms with E-state index in [9.17, 15) is 13.2 Å². The molecule has 0 saturated carbocycles. The first kappa shape index (κ1) is 24.0. The van der Waals surface area contributed by atoms with Crippen molar-refractivity contribution in [2.75, 3.05) is 37.9 Å². The molecule has 10 heteroatoms. The Morgan fingerprint density at radius 3 is 2.26 bits per heavy atom. The Balaban J connectivity index is 2.17. The molecule has 0 atom stereocenters. The van der Waals surface area contributed by atoms with Crippen molar-refractivity contribution < 1.29 is 27.4 Å². The van der Waals surface area contributed by atoms with E-state index < -0.39 is 22.5 Å². The van der Waals surface area contributed by atoms with Crippen molar-refractivity contribution >= 4 is 27.3 Å². The average Bonchev–Trinajstić information content (AvgIpc) is 2.75. The Bertz CT molecular complexity index is 1040. The van der Waals surface area contributed by atoms with E-state index in [-0.39, 0.29) is 11.4 Å². The van der Waals surface area contributed by atoms with Crippen molar-refractivity contribution in [1.82, 2.24) is 5.43 Å². The first-order chi connectivity index (χ1) is 14.7. The number of nitrogens with zero attached hydrogens (tertiary/aromatic N) is 2. The second kappa shape index (κ2) is 10.7. The summed E-state index contributed by atoms with van der Waals surface area (Å²) in [6.07, 6.45) is 1.01. The normalized spacial score (nSPS) is 11.6. The molecule has 9 nitrogen and oxygen atoms in total. The highest BCUT2D eigenvalue weighted by Crippen LogP contribution is 2.33. The van der Waals surface area contributed by atoms with E-state index in [0.29, 0.717) is 18.1 Å². The highest BCUT2D eigenvalue weighted by atomic mass is 32.2. The topological polar surface area (TPSA) is 107 Å². The Kier molecular flexibility index (Phi) is 8.26. The fourth-order valence-corrected chi connectivity index (χ4v) is 3.57. The SMILES string of the molecule is CCOc1ccc(/C(C)=N\NC(=O)CN(c2ccc(OC)cc2OC)S(C)(=O)=O)cc1. The van der Waals surface area contributed by atoms with Crippen LogP contribution in [0.1, 0.15) is 19.4 Å². The molecule has 0 aliphatic heterocycles. The van der Waals surface area contributed by atoms with Gasteiger partial charge in [0, 0.05) is 6.07 Å². The zero-order valence-electron chi connectivity index (χ0n) is 18.2. The van der Waals surface area contributed by atoms with Gasteiger partial charge in [0.1, 0.15) is 23.8 Å². The lowest BCUT2D eigenvalue weighted by Crippen LogP contribution is -2.39. The van der Waals surface area contributed by atoms with Gasteiger partial charge in [-0.2, -0.15) is 5.10 Å². The summed E-state index contributed by atoms with van der Waals surface area (Å²) in [6.45, 7) is 3.73. The number of anilines is 1. The summed E-state index contributed by atoms with van der Waals surface area (Å²) >= 11 is 0. The molecule has 0 unspecified atom stereocenters. The lowest BCUT2D eigenvalue weighted by atomic mass is 10.1. The summed E-state index contributed by atoms with van der Waals surface area (Å²) in [6, 6.07) is 11.9. The van der Waals surface area contributed by atoms with Gasteiger partial charge in [-0.25, -0.2) is 13.8 Å². The van der Waals surface area contributed by atoms with Crippen LogP contribution in [0, 0.1) is 0 Å². The first-order valence-corrected chi connectivity index (χ1v) is 11.3. The molecule has 0 spiro atoms. The van der Waals surface area contributed by atoms with Crippen molar-refractivity contribution in [2.45, 2.75) is 13.8 Å². The Morgan fingerprint density at radius 1 is 1.06 bits per heavy atom. The summed E-state index contributed by atoms with van der Waals surface area (Å²) in [5.41, 5.74) is 3.97. The van der Waals surface area contributed by atoms with Gasteiger partial charge in [-0.1, -0.05) is 0 Å². The third kappa shape index (κ3) is 6.61. The molecule has 1 amide bonds. The predicted octanol–water partition coefficient (Wildman–Crippen LogP) is 2.41. The maximum Gasteiger partial charge on any atom is 0.260 e. The minimum atomic E-state index is -3.78. The molecular weight excluding hydrogens is 422 g/mol. The number of amides is 1. The van der Waals surface area contributed by atoms with Gasteiger partial charge in [0.15, 0.2) is 0 Å². The van der Waals surface area contributed by atoms with Crippen molar-refractivity contribution in [1.29, 1.82) is 0 Å². The van der Waals surface area contributed by atoms with Crippen molar-refractivity contribution in [2.24, 2.45) is 5.10 Å². The number of hydrogen-bond donors (Lipinski definition) is 1. The third-order valence-corrected chi connectivity index (χ3v) is 5.40. The quantitative estimate of drug-likeness (QED) is 0.441. The zero-order chi connectivity index (χ0) is 23.0. The van der Waals surface area contributed by atoms with Crippen LogP contribution in [-0.4, -0.2) is 53.7 Å². The average molecular weight is 450 g/mol. The minimum Gasteiger partial charge on any atom is -0.497 e. The molecule has 0 heterocycles. The molecule has 1 N–H and O–H groups in total. The number of ether oxygens (including phenoxy) is 3. The molecule has 0 saturated heterocycles. The zero-order valence-corrected chi connectivity index (χ0v) is 19.0. The van der Waals surface area contributed by atoms with E-state index in [1.54, 1.807) is 31.2 Å². The fraction of sp³-hybridized carbons (Fsp3) is 0.333. The maximum atomic E-state index is 12.5. The van der Waals surface area contributed by atoms with Crippen molar-refractivity contribution in [3.05, 3.63) is 48.0 Å². The number of benzene rings is 2. The summed E-state index contributed by atoms with van der Waals surface area (Å²) in [4.78, 5) is 12.5. The highest BCUT2D eigenvalue weighted by molar-refractivity contribution is 7.92. The molecule has 168 valence electrons. The monoisotopic (exact) mass is 449 g/mol. The van der Waals surface area contributed by atoms with Crippen LogP contribution in [0.25, 0.3) is 0 Å². The number of hydrazone groups is 1. The molecule has 2 aromatic carbocycles. The number of rotatable bonds is 10. The molecule has 0 fully saturated rings. The number of hydrogen-bond acceptors (Lipinski definition) is 7. The second-order valence-electron chi connectivity index (χ2n) is 6.50. The van der Waals surface area contributed by atoms with E-state index in [0.717, 1.165) is 21.9 Å². The van der Waals surface area contributed by atoms with Gasteiger partial charge in [0.25, 0.3) is 5.91 Å². The summed E-state index contributed by atoms with van der Waals surface area (Å²) in [5.74, 6) is 0.884. The number of nitrogens with one attached hydrogen (secondary N) is 1. The summed E-state index contributed by atoms with van der Waals surface area (Å²) < 4.78 is 41.4. The summed E-state index contributed by atoms with van der Waals surface area (Å²) in [5, 5.41) is 4.07. The molecule has 0 aliphatic carbocycles. The molecule has 0 radical (unpaired) electrons. The van der Waals surface area contributed by atoms with Crippen LogP contribution >= 0.6 is 0 Å². The van der Waals surface area contributed by atoms with Crippen LogP contribution in [0.4, 0.5) is 5.69 Å². The molecule has 2 rings (SSSR count). The fourth-order valence-electron chi connectivity index (χ4n) is 2.71. The van der Waals surface area contributed by atoms with Gasteiger partial charge in [-0.05, 0) is 55.8 Å². The van der Waals surface area contributed by atoms with E-state index in [1.807, 2.05) is 19.1 Å². The predicted molar refractivity (Wildman–Crippen MR) is 120 cm³/mol. The molecule has 2 aromatic rings. The van der Waals surface area contributed by atoms with Crippen LogP contribution < -0.4 is 23.9 Å². The number of methoxy groups -OCH3 is 2. The van der Waals surface area contributed by atoms with Gasteiger partial charge >= 0.3 is 0 Å². The van der Waals surface area contributed by atoms with E-state index in [4.69, 9.17) is 14.2 Å². The van der Waals surface area contributed by atoms with Crippen LogP contribution in [0.5, 0.6) is 17.2 Å². The van der Waals surface area contributed by atoms with Crippen LogP contribution in [0.15, 0.2) is 47.6 Å². The number of sulfonamides is 1. The molecule has 0 bridgehead atoms. The molecule has 0 aliphatic rings. The van der Waals surface area contributed by atoms with E-state index in [2.05, 4.69) is 10.5 Å². The Hall–Kier alpha value is -3.27. The smallest absolute Gasteiger partial charge is 0.260 e. The van der Waals surface area contributed by atoms with Crippen LogP contribution in [0.3, 0.4) is 0 Å². The van der Waals surface area contributed by atoms with Gasteiger partial charge in [0.2, 0.25) is 10.0 Å². The van der Waals surface area contributed by atoms with Gasteiger partial charge in [0.05, 0.1) is 38.5 Å². The first-order valence-electron chi connectivity index (χ1n) is 9.45. The number of carbonyl (C=O) groups excluding carboxylic acids is 1. The molecule has 31 heavy (non-hydrogen) atoms. The molecular formula is C21H27N3O6S. The second-order valence-corrected chi connectivity index (χ2v) is 8.40. The third-order valence-electron chi connectivity index (χ3n) is 4.27. The van der Waals surface area contributed by atoms with Crippen molar-refractivity contribution in [3.8, 4) is 17.2 Å². The highest BCUT2D eigenvalue weighted by Gasteiger charge is 2.24. The Labute approximate surface area is 182 Å². The van der Waals surface area contributed by atoms with E-state index in [1.165, 1.54) is 20.3 Å². The Morgan fingerprint density at radius 2 is 1.71 bits per heavy atom. The van der Waals surface area contributed by atoms with E-state index >= 15 is 0 Å². The standard InChI is InChI=1S/C21H27N3O6S/c1-6-30-17-9-7-16(8-10-17)15(2)22-23-21(25)14-24(31(5,26)27)19-12-11-18(28-3)13-20(19)29-4/h7-13H,6,14H2,1-5H3,(H,23,25)/b22-15-. The van der Waals surface area contributed by atoms with Gasteiger partial charge in [-0.3, -0.25) is 9.10 Å².